The van der Waals surface area contributed by atoms with Crippen LogP contribution in [0.5, 0.6) is 0 Å². The number of hydrogen-bond acceptors (Lipinski definition) is 19. The predicted octanol–water partition coefficient (Wildman–Crippen LogP) is -1.09. The molecule has 12 N–H and O–H groups in total. The number of rotatable bonds is 19. The molecule has 2 aromatic rings. The lowest BCUT2D eigenvalue weighted by atomic mass is 9.87. The Morgan fingerprint density at radius 2 is 1.65 bits per heavy atom. The number of nitrogens with zero attached hydrogens (tertiary/aromatic N) is 4. The number of imidazole rings is 1. The van der Waals surface area contributed by atoms with E-state index in [9.17, 15) is 57.9 Å². The zero-order valence-corrected chi connectivity index (χ0v) is 32.4. The van der Waals surface area contributed by atoms with Gasteiger partial charge in [0.15, 0.2) is 22.8 Å². The number of aliphatic hydroxyl groups is 2. The van der Waals surface area contributed by atoms with Crippen LogP contribution in [0, 0.1) is 5.41 Å². The van der Waals surface area contributed by atoms with E-state index in [1.165, 1.54) is 20.8 Å². The van der Waals surface area contributed by atoms with Gasteiger partial charge in [0.1, 0.15) is 36.3 Å². The second kappa shape index (κ2) is 20.3. The summed E-state index contributed by atoms with van der Waals surface area (Å²) in [6.45, 7) is 1.90. The fourth-order valence-corrected chi connectivity index (χ4v) is 7.65. The number of phosphoric ester groups is 3. The Bertz CT molecular complexity index is 1810. The van der Waals surface area contributed by atoms with E-state index in [1.807, 2.05) is 0 Å². The number of hydrogen-bond donors (Lipinski definition) is 11. The van der Waals surface area contributed by atoms with Crippen molar-refractivity contribution >= 4 is 75.3 Å². The van der Waals surface area contributed by atoms with Crippen molar-refractivity contribution in [2.45, 2.75) is 57.8 Å². The molecule has 1 aliphatic heterocycles. The summed E-state index contributed by atoms with van der Waals surface area (Å²) in [5.74, 6) is -1.08. The molecule has 7 atom stereocenters. The van der Waals surface area contributed by atoms with E-state index in [-0.39, 0.29) is 41.6 Å². The molecular formula is C24H40N7O20P3S. The second-order valence-corrected chi connectivity index (χ2v) is 17.2. The highest BCUT2D eigenvalue weighted by molar-refractivity contribution is 8.13. The zero-order chi connectivity index (χ0) is 41.9. The van der Waals surface area contributed by atoms with Crippen LogP contribution >= 0.6 is 35.2 Å². The number of ether oxygens (including phenoxy) is 1. The predicted molar refractivity (Wildman–Crippen MR) is 183 cm³/mol. The number of amides is 2. The Morgan fingerprint density at radius 3 is 2.25 bits per heavy atom. The lowest BCUT2D eigenvalue weighted by molar-refractivity contribution is -0.137. The monoisotopic (exact) mass is 871 g/mol. The van der Waals surface area contributed by atoms with Crippen LogP contribution in [0.2, 0.25) is 0 Å². The van der Waals surface area contributed by atoms with Crippen LogP contribution in [-0.4, -0.2) is 139 Å². The molecule has 3 heterocycles. The Hall–Kier alpha value is -3.17. The van der Waals surface area contributed by atoms with Gasteiger partial charge in [-0.15, -0.1) is 0 Å². The van der Waals surface area contributed by atoms with Crippen LogP contribution in [0.25, 0.3) is 11.2 Å². The molecule has 0 aliphatic carbocycles. The topological polar surface area (TPSA) is 421 Å². The number of phosphoric acid groups is 3. The Morgan fingerprint density at radius 1 is 1.04 bits per heavy atom. The quantitative estimate of drug-likeness (QED) is 0.0590. The minimum Gasteiger partial charge on any atom is -0.450 e. The van der Waals surface area contributed by atoms with E-state index in [0.717, 1.165) is 29.0 Å². The third kappa shape index (κ3) is 16.1. The van der Waals surface area contributed by atoms with Crippen LogP contribution in [0.3, 0.4) is 0 Å². The maximum absolute atomic E-state index is 12.6. The molecule has 0 bridgehead atoms. The number of carboxylic acid groups (broad SMARTS) is 2. The molecule has 2 aromatic heterocycles. The highest BCUT2D eigenvalue weighted by Gasteiger charge is 2.50. The van der Waals surface area contributed by atoms with Crippen LogP contribution < -0.4 is 16.4 Å². The molecular weight excluding hydrogens is 831 g/mol. The standard InChI is InChI=1S/C23H38N7O17P3S.CH2O3/c1-12(31)51-7-6-25-14(32)4-5-26-21(35)18(34)23(2,3)9-44-50(41,42)47-49(39,40)43-8-13-17(46-48(36,37)38)16(33)22(45-13)30-11-29-15-19(24)27-10-28-20(15)30;2-1(3)4/h10-11,13,16-18,22,33-34H,4-9H2,1-3H3,(H,25,32)(H,26,35)(H,39,40)(H,41,42)(H2,24,27,28)(H2,36,37,38);(H2,2,3,4)/t13-,16-,17-,18+,22-;/m1./s1. The number of fused-ring (bicyclic) bond motifs is 1. The van der Waals surface area contributed by atoms with Crippen LogP contribution in [-0.2, 0) is 50.7 Å². The van der Waals surface area contributed by atoms with Crippen LogP contribution in [0.1, 0.15) is 33.4 Å². The first-order valence-corrected chi connectivity index (χ1v) is 20.7. The Balaban J connectivity index is 0.00000248. The highest BCUT2D eigenvalue weighted by Crippen LogP contribution is 2.61. The van der Waals surface area contributed by atoms with Crippen molar-refractivity contribution in [3.8, 4) is 0 Å². The van der Waals surface area contributed by atoms with Gasteiger partial charge in [-0.2, -0.15) is 4.31 Å². The first kappa shape index (κ1) is 48.0. The van der Waals surface area contributed by atoms with Gasteiger partial charge >= 0.3 is 29.6 Å². The molecule has 27 nitrogen and oxygen atoms in total. The third-order valence-electron chi connectivity index (χ3n) is 6.81. The summed E-state index contributed by atoms with van der Waals surface area (Å²) in [7, 11) is -16.4. The lowest BCUT2D eigenvalue weighted by Crippen LogP contribution is -2.46. The number of nitrogens with one attached hydrogen (secondary N) is 2. The summed E-state index contributed by atoms with van der Waals surface area (Å²) in [5, 5.41) is 40.0. The van der Waals surface area contributed by atoms with Crippen molar-refractivity contribution in [3.63, 3.8) is 0 Å². The third-order valence-corrected chi connectivity index (χ3v) is 10.7. The molecule has 312 valence electrons. The molecule has 2 unspecified atom stereocenters. The fraction of sp³-hybridized carbons (Fsp3) is 0.625. The van der Waals surface area contributed by atoms with Crippen molar-refractivity contribution in [2.75, 3.05) is 37.8 Å². The van der Waals surface area contributed by atoms with Gasteiger partial charge in [0.2, 0.25) is 11.8 Å². The van der Waals surface area contributed by atoms with Crippen molar-refractivity contribution in [3.05, 3.63) is 12.7 Å². The number of thioether (sulfide) groups is 1. The largest absolute Gasteiger partial charge is 0.503 e. The smallest absolute Gasteiger partial charge is 0.450 e. The van der Waals surface area contributed by atoms with E-state index in [1.54, 1.807) is 0 Å². The highest BCUT2D eigenvalue weighted by atomic mass is 32.2. The van der Waals surface area contributed by atoms with E-state index in [0.29, 0.717) is 5.75 Å². The van der Waals surface area contributed by atoms with E-state index in [2.05, 4.69) is 34.4 Å². The summed E-state index contributed by atoms with van der Waals surface area (Å²) in [5.41, 5.74) is 4.26. The lowest BCUT2D eigenvalue weighted by Gasteiger charge is -2.30. The molecule has 0 saturated carbocycles. The Labute approximate surface area is 314 Å². The van der Waals surface area contributed by atoms with Crippen molar-refractivity contribution < 1.29 is 95.5 Å². The van der Waals surface area contributed by atoms with E-state index < -0.39 is 90.7 Å². The molecule has 31 heteroatoms. The summed E-state index contributed by atoms with van der Waals surface area (Å²) in [4.78, 5) is 94.5. The number of carbonyl (C=O) groups is 4. The normalized spacial score (nSPS) is 21.4. The molecule has 1 aliphatic rings. The van der Waals surface area contributed by atoms with Gasteiger partial charge in [-0.25, -0.2) is 33.4 Å². The number of aromatic nitrogens is 4. The average Bonchev–Trinajstić information content (AvgIpc) is 3.60. The summed E-state index contributed by atoms with van der Waals surface area (Å²) in [6, 6.07) is 0. The first-order chi connectivity index (χ1) is 25.2. The Kier molecular flexibility index (Phi) is 17.7. The van der Waals surface area contributed by atoms with Crippen LogP contribution in [0.15, 0.2) is 12.7 Å². The molecule has 1 saturated heterocycles. The summed E-state index contributed by atoms with van der Waals surface area (Å²) >= 11 is 1.03. The van der Waals surface area contributed by atoms with Gasteiger partial charge in [0.05, 0.1) is 19.5 Å². The van der Waals surface area contributed by atoms with Gasteiger partial charge in [-0.3, -0.25) is 32.5 Å². The summed E-state index contributed by atoms with van der Waals surface area (Å²) < 4.78 is 61.8. The number of aliphatic hydroxyl groups excluding tert-OH is 2. The number of nitrogen functional groups attached to an aromatic ring is 1. The van der Waals surface area contributed by atoms with Crippen molar-refractivity contribution in [2.24, 2.45) is 5.41 Å². The minimum atomic E-state index is -5.56. The zero-order valence-electron chi connectivity index (χ0n) is 28.9. The van der Waals surface area contributed by atoms with E-state index in [4.69, 9.17) is 34.5 Å². The number of anilines is 1. The molecule has 1 fully saturated rings. The number of carbonyl (C=O) groups excluding carboxylic acids is 3. The maximum atomic E-state index is 12.6. The SMILES string of the molecule is CC(=O)SCCNC(=O)CCNC(=O)[C@H](O)C(C)(C)COP(=O)(O)OP(=O)(O)OC[C@H]1O[C@@H](n2cnc3c(N)ncnc32)[C@H](O)[C@@H]1OP(=O)(O)O.O=C(O)O. The van der Waals surface area contributed by atoms with Crippen LogP contribution in [0.4, 0.5) is 10.6 Å². The summed E-state index contributed by atoms with van der Waals surface area (Å²) in [6.07, 6.45) is -8.71. The molecule has 2 amide bonds. The van der Waals surface area contributed by atoms with Gasteiger partial charge < -0.3 is 61.1 Å². The first-order valence-electron chi connectivity index (χ1n) is 15.2. The molecule has 0 spiro atoms. The van der Waals surface area contributed by atoms with Gasteiger partial charge in [-0.1, -0.05) is 25.6 Å². The maximum Gasteiger partial charge on any atom is 0.503 e. The second-order valence-electron chi connectivity index (χ2n) is 11.7. The minimum absolute atomic E-state index is 0.0310. The molecule has 0 aromatic carbocycles. The van der Waals surface area contributed by atoms with Crippen molar-refractivity contribution in [1.29, 1.82) is 0 Å². The van der Waals surface area contributed by atoms with Crippen molar-refractivity contribution in [1.82, 2.24) is 30.2 Å². The van der Waals surface area contributed by atoms with Gasteiger partial charge in [0, 0.05) is 37.6 Å². The molecule has 0 radical (unpaired) electrons. The van der Waals surface area contributed by atoms with E-state index >= 15 is 0 Å². The number of nitrogens with two attached hydrogens (primary N) is 1. The van der Waals surface area contributed by atoms with Gasteiger partial charge in [0.25, 0.3) is 0 Å². The fourth-order valence-electron chi connectivity index (χ4n) is 4.32. The molecule has 55 heavy (non-hydrogen) atoms. The average molecular weight is 872 g/mol. The molecule has 3 rings (SSSR count). The van der Waals surface area contributed by atoms with Gasteiger partial charge in [-0.05, 0) is 0 Å².